The summed E-state index contributed by atoms with van der Waals surface area (Å²) in [6, 6.07) is 0. The Morgan fingerprint density at radius 3 is 2.20 bits per heavy atom. The molecule has 0 aromatic carbocycles. The van der Waals surface area contributed by atoms with Gasteiger partial charge in [0, 0.05) is 0 Å². The van der Waals surface area contributed by atoms with E-state index in [-0.39, 0.29) is 0 Å². The van der Waals surface area contributed by atoms with Crippen molar-refractivity contribution in [3.8, 4) is 0 Å². The quantitative estimate of drug-likeness (QED) is 0.459. The number of hydrogen-bond acceptors (Lipinski definition) is 1. The molecule has 0 rings (SSSR count). The first-order chi connectivity index (χ1) is 4.70. The fourth-order valence-corrected chi connectivity index (χ4v) is 0.608. The standard InChI is InChI=1S/C9H14O/c1-4-8(2)7-9(3)5-6-10/h4-7,10H,1-3H3/b6-5+,8-4-,9-7-. The van der Waals surface area contributed by atoms with Crippen molar-refractivity contribution >= 4 is 0 Å². The van der Waals surface area contributed by atoms with Gasteiger partial charge in [-0.2, -0.15) is 0 Å². The van der Waals surface area contributed by atoms with Crippen LogP contribution in [-0.2, 0) is 0 Å². The average molecular weight is 138 g/mol. The molecule has 0 atom stereocenters. The van der Waals surface area contributed by atoms with E-state index in [1.807, 2.05) is 32.9 Å². The lowest BCUT2D eigenvalue weighted by molar-refractivity contribution is 0.473. The third kappa shape index (κ3) is 3.96. The van der Waals surface area contributed by atoms with Crippen molar-refractivity contribution in [3.63, 3.8) is 0 Å². The van der Waals surface area contributed by atoms with Gasteiger partial charge in [0.1, 0.15) is 0 Å². The molecule has 0 amide bonds. The van der Waals surface area contributed by atoms with E-state index in [0.717, 1.165) is 11.8 Å². The van der Waals surface area contributed by atoms with Crippen molar-refractivity contribution in [2.24, 2.45) is 0 Å². The van der Waals surface area contributed by atoms with Crippen LogP contribution in [0.25, 0.3) is 0 Å². The molecule has 0 radical (unpaired) electrons. The van der Waals surface area contributed by atoms with Gasteiger partial charge in [0.25, 0.3) is 0 Å². The Morgan fingerprint density at radius 1 is 1.20 bits per heavy atom. The summed E-state index contributed by atoms with van der Waals surface area (Å²) in [4.78, 5) is 0. The van der Waals surface area contributed by atoms with E-state index < -0.39 is 0 Å². The molecule has 0 saturated carbocycles. The van der Waals surface area contributed by atoms with Gasteiger partial charge in [-0.15, -0.1) is 0 Å². The highest BCUT2D eigenvalue weighted by Gasteiger charge is 1.81. The molecule has 10 heavy (non-hydrogen) atoms. The molecule has 1 nitrogen and oxygen atoms in total. The average Bonchev–Trinajstić information content (AvgIpc) is 1.88. The van der Waals surface area contributed by atoms with Crippen LogP contribution in [0.4, 0.5) is 0 Å². The Balaban J connectivity index is 4.16. The molecular formula is C9H14O. The summed E-state index contributed by atoms with van der Waals surface area (Å²) in [6.07, 6.45) is 6.74. The summed E-state index contributed by atoms with van der Waals surface area (Å²) in [7, 11) is 0. The summed E-state index contributed by atoms with van der Waals surface area (Å²) in [6.45, 7) is 5.95. The predicted octanol–water partition coefficient (Wildman–Crippen LogP) is 2.97. The second kappa shape index (κ2) is 4.86. The Morgan fingerprint density at radius 2 is 1.80 bits per heavy atom. The topological polar surface area (TPSA) is 20.2 Å². The first-order valence-electron chi connectivity index (χ1n) is 3.32. The van der Waals surface area contributed by atoms with Crippen LogP contribution in [0, 0.1) is 0 Å². The second-order valence-corrected chi connectivity index (χ2v) is 2.24. The molecule has 56 valence electrons. The maximum Gasteiger partial charge on any atom is 0.0794 e. The Bertz CT molecular complexity index is 173. The lowest BCUT2D eigenvalue weighted by atomic mass is 10.2. The zero-order valence-electron chi connectivity index (χ0n) is 6.76. The maximum absolute atomic E-state index is 8.38. The third-order valence-electron chi connectivity index (χ3n) is 1.25. The van der Waals surface area contributed by atoms with Gasteiger partial charge in [-0.05, 0) is 32.4 Å². The minimum Gasteiger partial charge on any atom is -0.516 e. The zero-order valence-corrected chi connectivity index (χ0v) is 6.76. The van der Waals surface area contributed by atoms with Crippen molar-refractivity contribution in [1.82, 2.24) is 0 Å². The van der Waals surface area contributed by atoms with Crippen LogP contribution in [-0.4, -0.2) is 5.11 Å². The normalized spacial score (nSPS) is 14.7. The lowest BCUT2D eigenvalue weighted by Crippen LogP contribution is -1.71. The lowest BCUT2D eigenvalue weighted by Gasteiger charge is -1.90. The van der Waals surface area contributed by atoms with E-state index in [1.165, 1.54) is 5.57 Å². The fourth-order valence-electron chi connectivity index (χ4n) is 0.608. The van der Waals surface area contributed by atoms with Crippen molar-refractivity contribution in [1.29, 1.82) is 0 Å². The van der Waals surface area contributed by atoms with E-state index in [4.69, 9.17) is 5.11 Å². The minimum absolute atomic E-state index is 1.05. The summed E-state index contributed by atoms with van der Waals surface area (Å²) in [5.41, 5.74) is 2.26. The SMILES string of the molecule is C\C=C(C)/C=C(C)\C=C\O. The second-order valence-electron chi connectivity index (χ2n) is 2.24. The molecule has 0 aromatic rings. The molecule has 1 N–H and O–H groups in total. The number of allylic oxidation sites excluding steroid dienone is 5. The van der Waals surface area contributed by atoms with E-state index in [1.54, 1.807) is 6.08 Å². The van der Waals surface area contributed by atoms with E-state index in [2.05, 4.69) is 0 Å². The van der Waals surface area contributed by atoms with Gasteiger partial charge < -0.3 is 5.11 Å². The van der Waals surface area contributed by atoms with Gasteiger partial charge >= 0.3 is 0 Å². The first kappa shape index (κ1) is 9.02. The molecule has 0 bridgehead atoms. The van der Waals surface area contributed by atoms with Crippen LogP contribution in [0.2, 0.25) is 0 Å². The van der Waals surface area contributed by atoms with E-state index >= 15 is 0 Å². The summed E-state index contributed by atoms with van der Waals surface area (Å²) < 4.78 is 0. The van der Waals surface area contributed by atoms with Crippen LogP contribution < -0.4 is 0 Å². The largest absolute Gasteiger partial charge is 0.516 e. The molecule has 0 heterocycles. The summed E-state index contributed by atoms with van der Waals surface area (Å²) in [5.74, 6) is 0. The van der Waals surface area contributed by atoms with Gasteiger partial charge in [0.05, 0.1) is 6.26 Å². The Kier molecular flexibility index (Phi) is 4.38. The number of hydrogen-bond donors (Lipinski definition) is 1. The molecule has 0 aliphatic carbocycles. The van der Waals surface area contributed by atoms with Crippen LogP contribution >= 0.6 is 0 Å². The van der Waals surface area contributed by atoms with Gasteiger partial charge in [0.2, 0.25) is 0 Å². The summed E-state index contributed by atoms with van der Waals surface area (Å²) >= 11 is 0. The fraction of sp³-hybridized carbons (Fsp3) is 0.333. The van der Waals surface area contributed by atoms with Crippen LogP contribution in [0.15, 0.2) is 35.6 Å². The van der Waals surface area contributed by atoms with Crippen molar-refractivity contribution in [3.05, 3.63) is 35.6 Å². The van der Waals surface area contributed by atoms with Gasteiger partial charge in [0.15, 0.2) is 0 Å². The minimum atomic E-state index is 1.05. The maximum atomic E-state index is 8.38. The van der Waals surface area contributed by atoms with Crippen molar-refractivity contribution < 1.29 is 5.11 Å². The highest BCUT2D eigenvalue weighted by Crippen LogP contribution is 2.01. The van der Waals surface area contributed by atoms with Crippen molar-refractivity contribution in [2.45, 2.75) is 20.8 Å². The molecule has 0 saturated heterocycles. The predicted molar refractivity (Wildman–Crippen MR) is 45.0 cm³/mol. The summed E-state index contributed by atoms with van der Waals surface area (Å²) in [5, 5.41) is 8.38. The molecule has 0 fully saturated rings. The molecule has 0 aliphatic heterocycles. The molecule has 0 aliphatic rings. The van der Waals surface area contributed by atoms with Gasteiger partial charge in [-0.1, -0.05) is 17.7 Å². The molecule has 0 unspecified atom stereocenters. The van der Waals surface area contributed by atoms with Crippen molar-refractivity contribution in [2.75, 3.05) is 0 Å². The third-order valence-corrected chi connectivity index (χ3v) is 1.25. The van der Waals surface area contributed by atoms with Gasteiger partial charge in [-0.25, -0.2) is 0 Å². The number of aliphatic hydroxyl groups excluding tert-OH is 1. The van der Waals surface area contributed by atoms with Crippen LogP contribution in [0.5, 0.6) is 0 Å². The number of rotatable bonds is 2. The smallest absolute Gasteiger partial charge is 0.0794 e. The Labute approximate surface area is 62.4 Å². The monoisotopic (exact) mass is 138 g/mol. The molecule has 0 aromatic heterocycles. The van der Waals surface area contributed by atoms with Crippen LogP contribution in [0.3, 0.4) is 0 Å². The van der Waals surface area contributed by atoms with Crippen LogP contribution in [0.1, 0.15) is 20.8 Å². The number of aliphatic hydroxyl groups is 1. The Hall–Kier alpha value is -0.980. The van der Waals surface area contributed by atoms with E-state index in [9.17, 15) is 0 Å². The molecule has 0 spiro atoms. The highest BCUT2D eigenvalue weighted by atomic mass is 16.2. The van der Waals surface area contributed by atoms with E-state index in [0.29, 0.717) is 0 Å². The molecule has 1 heteroatoms. The zero-order chi connectivity index (χ0) is 7.98. The highest BCUT2D eigenvalue weighted by molar-refractivity contribution is 5.26. The first-order valence-corrected chi connectivity index (χ1v) is 3.32. The molecular weight excluding hydrogens is 124 g/mol. The van der Waals surface area contributed by atoms with Gasteiger partial charge in [-0.3, -0.25) is 0 Å².